The van der Waals surface area contributed by atoms with E-state index in [2.05, 4.69) is 133 Å². The number of nitrogens with zero attached hydrogens (tertiary/aromatic N) is 4. The number of nitriles is 1. The zero-order valence-electron chi connectivity index (χ0n) is 34.5. The van der Waals surface area contributed by atoms with Gasteiger partial charge in [-0.25, -0.2) is 0 Å². The van der Waals surface area contributed by atoms with Crippen LogP contribution in [0.4, 0.5) is 0 Å². The van der Waals surface area contributed by atoms with E-state index in [-0.39, 0.29) is 20.1 Å². The van der Waals surface area contributed by atoms with Crippen molar-refractivity contribution in [3.05, 3.63) is 168 Å². The van der Waals surface area contributed by atoms with E-state index >= 15 is 0 Å². The van der Waals surface area contributed by atoms with Crippen molar-refractivity contribution in [2.45, 2.75) is 56.8 Å². The minimum atomic E-state index is -2.14. The smallest absolute Gasteiger partial charge is 0 e. The van der Waals surface area contributed by atoms with E-state index in [0.717, 1.165) is 66.7 Å². The maximum atomic E-state index is 9.50. The van der Waals surface area contributed by atoms with Crippen LogP contribution >= 0.6 is 0 Å². The van der Waals surface area contributed by atoms with Crippen LogP contribution < -0.4 is 4.40 Å². The summed E-state index contributed by atoms with van der Waals surface area (Å²) in [5, 5.41) is 11.7. The summed E-state index contributed by atoms with van der Waals surface area (Å²) in [4.78, 5) is 9.84. The topological polar surface area (TPSA) is 67.6 Å². The van der Waals surface area contributed by atoms with Crippen LogP contribution in [-0.2, 0) is 20.1 Å². The van der Waals surface area contributed by atoms with Crippen LogP contribution in [-0.4, -0.2) is 27.8 Å². The quantitative estimate of drug-likeness (QED) is 0.118. The molecule has 0 N–H and O–H groups in total. The molecule has 59 heavy (non-hydrogen) atoms. The number of imidazole rings is 1. The molecule has 0 aliphatic rings. The Balaban J connectivity index is 0.000000187. The molecule has 7 heteroatoms. The molecule has 1 radical (unpaired) electrons. The van der Waals surface area contributed by atoms with Crippen LogP contribution in [0, 0.1) is 23.5 Å². The summed E-state index contributed by atoms with van der Waals surface area (Å²) in [5.41, 5.74) is 13.2. The Morgan fingerprint density at radius 1 is 0.712 bits per heavy atom. The van der Waals surface area contributed by atoms with Crippen molar-refractivity contribution in [2.75, 3.05) is 0 Å². The van der Waals surface area contributed by atoms with Gasteiger partial charge in [0, 0.05) is 31.2 Å². The van der Waals surface area contributed by atoms with Gasteiger partial charge in [0.05, 0.1) is 22.4 Å². The van der Waals surface area contributed by atoms with Crippen molar-refractivity contribution >= 4 is 50.6 Å². The third kappa shape index (κ3) is 8.08. The first kappa shape index (κ1) is 41.6. The summed E-state index contributed by atoms with van der Waals surface area (Å²) in [6.07, 6.45) is 2.01. The number of aromatic nitrogens is 3. The Kier molecular flexibility index (Phi) is 12.2. The number of hydrogen-bond acceptors (Lipinski definition) is 4. The van der Waals surface area contributed by atoms with Gasteiger partial charge >= 0.3 is 146 Å². The fraction of sp³-hybridized carbons (Fsp3) is 0.173. The number of para-hydroxylation sites is 4. The molecule has 295 valence electrons. The van der Waals surface area contributed by atoms with Crippen molar-refractivity contribution in [1.29, 1.82) is 5.26 Å². The molecule has 9 rings (SSSR count). The molecule has 6 aromatic carbocycles. The Bertz CT molecular complexity index is 2940. The summed E-state index contributed by atoms with van der Waals surface area (Å²) in [6, 6.07) is 54.1. The second kappa shape index (κ2) is 17.3. The minimum absolute atomic E-state index is 0. The molecule has 0 aliphatic carbocycles. The van der Waals surface area contributed by atoms with E-state index in [1.807, 2.05) is 79.0 Å². The van der Waals surface area contributed by atoms with Gasteiger partial charge in [-0.15, -0.1) is 18.2 Å². The van der Waals surface area contributed by atoms with E-state index in [9.17, 15) is 5.26 Å². The first-order valence-corrected chi connectivity index (χ1v) is 27.3. The van der Waals surface area contributed by atoms with Gasteiger partial charge in [-0.05, 0) is 41.2 Å². The SMILES string of the molecule is CC(C)c1cccc(C(C)C)c1-n1c(-c2[c-]ccc3c2oc2ccccc23)nc2ccccc21.[CH3][Ge]([CH3])([CH3])[c]1cnc(-c2[c-]cccc2)cc1-c1ccccc1C#N.[Ir]. The fourth-order valence-electron chi connectivity index (χ4n) is 7.84. The van der Waals surface area contributed by atoms with E-state index in [4.69, 9.17) is 9.40 Å². The van der Waals surface area contributed by atoms with Gasteiger partial charge in [-0.1, -0.05) is 87.2 Å². The molecule has 3 aromatic heterocycles. The largest absolute Gasteiger partial charge is 0 e. The standard InChI is InChI=1S/C31H27N2O.C21H19GeN2.Ir/c1-19(2)21-12-9-13-22(20(3)4)29(21)33-27-17-7-6-16-26(27)32-31(33)25-15-10-14-24-23-11-5-8-18-28(23)34-30(24)25;1-22(2,3)20-15-24-21(16-9-5-4-6-10-16)13-19(20)18-12-8-7-11-17(18)14-23;/h5-14,16-20H,1-4H3;4-9,11-13,15H,1-3H3;/q2*-1;. The van der Waals surface area contributed by atoms with E-state index in [1.165, 1.54) is 21.2 Å². The predicted octanol–water partition coefficient (Wildman–Crippen LogP) is 13.3. The van der Waals surface area contributed by atoms with Crippen molar-refractivity contribution < 1.29 is 24.5 Å². The molecule has 0 bridgehead atoms. The Hall–Kier alpha value is -5.58. The van der Waals surface area contributed by atoms with E-state index in [0.29, 0.717) is 17.4 Å². The van der Waals surface area contributed by atoms with Crippen LogP contribution in [0.1, 0.15) is 56.2 Å². The minimum Gasteiger partial charge on any atom is 0 e. The van der Waals surface area contributed by atoms with Crippen LogP contribution in [0.15, 0.2) is 144 Å². The van der Waals surface area contributed by atoms with Crippen molar-refractivity contribution in [3.8, 4) is 45.5 Å². The first-order valence-electron chi connectivity index (χ1n) is 19.9. The molecule has 0 unspecified atom stereocenters. The fourth-order valence-corrected chi connectivity index (χ4v) is 10.9. The van der Waals surface area contributed by atoms with E-state index in [1.54, 1.807) is 0 Å². The van der Waals surface area contributed by atoms with E-state index < -0.39 is 13.3 Å². The number of pyridine rings is 1. The second-order valence-electron chi connectivity index (χ2n) is 16.3. The Labute approximate surface area is 363 Å². The van der Waals surface area contributed by atoms with Gasteiger partial charge < -0.3 is 8.98 Å². The molecular formula is C52H46GeIrN4O-2. The van der Waals surface area contributed by atoms with Crippen molar-refractivity contribution in [3.63, 3.8) is 0 Å². The van der Waals surface area contributed by atoms with Gasteiger partial charge in [0.15, 0.2) is 0 Å². The van der Waals surface area contributed by atoms with Gasteiger partial charge in [0.1, 0.15) is 5.58 Å². The van der Waals surface area contributed by atoms with Crippen LogP contribution in [0.5, 0.6) is 0 Å². The third-order valence-corrected chi connectivity index (χ3v) is 15.0. The molecule has 0 amide bonds. The summed E-state index contributed by atoms with van der Waals surface area (Å²) < 4.78 is 10.0. The average molecular weight is 1010 g/mol. The molecule has 0 fully saturated rings. The molecule has 5 nitrogen and oxygen atoms in total. The number of benzene rings is 6. The van der Waals surface area contributed by atoms with Crippen LogP contribution in [0.2, 0.25) is 17.3 Å². The van der Waals surface area contributed by atoms with Gasteiger partial charge in [-0.2, -0.15) is 0 Å². The molecule has 0 saturated heterocycles. The molecule has 0 saturated carbocycles. The number of rotatable bonds is 7. The summed E-state index contributed by atoms with van der Waals surface area (Å²) in [6.45, 7) is 9.03. The van der Waals surface area contributed by atoms with Gasteiger partial charge in [0.25, 0.3) is 0 Å². The monoisotopic (exact) mass is 1010 g/mol. The maximum absolute atomic E-state index is 9.50. The van der Waals surface area contributed by atoms with Crippen LogP contribution in [0.25, 0.3) is 72.4 Å². The van der Waals surface area contributed by atoms with Crippen molar-refractivity contribution in [1.82, 2.24) is 14.5 Å². The summed E-state index contributed by atoms with van der Waals surface area (Å²) in [7, 11) is 0. The Morgan fingerprint density at radius 2 is 1.41 bits per heavy atom. The molecule has 9 aromatic rings. The van der Waals surface area contributed by atoms with Crippen molar-refractivity contribution in [2.24, 2.45) is 0 Å². The van der Waals surface area contributed by atoms with Crippen LogP contribution in [0.3, 0.4) is 0 Å². The predicted molar refractivity (Wildman–Crippen MR) is 242 cm³/mol. The third-order valence-electron chi connectivity index (χ3n) is 10.7. The summed E-state index contributed by atoms with van der Waals surface area (Å²) >= 11 is -2.14. The normalized spacial score (nSPS) is 11.5. The molecule has 0 atom stereocenters. The van der Waals surface area contributed by atoms with Gasteiger partial charge in [0.2, 0.25) is 0 Å². The van der Waals surface area contributed by atoms with Gasteiger partial charge in [-0.3, -0.25) is 4.98 Å². The average Bonchev–Trinajstić information content (AvgIpc) is 3.82. The molecule has 0 aliphatic heterocycles. The summed E-state index contributed by atoms with van der Waals surface area (Å²) in [5.74, 6) is 8.65. The molecule has 3 heterocycles. The second-order valence-corrected chi connectivity index (χ2v) is 26.9. The molecular weight excluding hydrogens is 961 g/mol. The first-order chi connectivity index (χ1) is 28.0. The molecule has 0 spiro atoms. The maximum Gasteiger partial charge on any atom is 0 e. The zero-order chi connectivity index (χ0) is 40.6. The Morgan fingerprint density at radius 3 is 2.12 bits per heavy atom. The zero-order valence-corrected chi connectivity index (χ0v) is 39.0. The number of hydrogen-bond donors (Lipinski definition) is 0. The number of furan rings is 1. The number of fused-ring (bicyclic) bond motifs is 4.